The molecule has 0 radical (unpaired) electrons. The third-order valence-corrected chi connectivity index (χ3v) is 1.92. The van der Waals surface area contributed by atoms with Crippen molar-refractivity contribution < 1.29 is 4.84 Å². The van der Waals surface area contributed by atoms with Gasteiger partial charge in [-0.05, 0) is 25.5 Å². The van der Waals surface area contributed by atoms with Gasteiger partial charge in [0.05, 0.1) is 6.61 Å². The number of hydrogen-bond acceptors (Lipinski definition) is 3. The lowest BCUT2D eigenvalue weighted by atomic mass is 10.1. The SMILES string of the molecule is Cc1ccc(NCCON)c(C)c1. The van der Waals surface area contributed by atoms with Gasteiger partial charge in [0.2, 0.25) is 0 Å². The van der Waals surface area contributed by atoms with Crippen LogP contribution in [0.2, 0.25) is 0 Å². The summed E-state index contributed by atoms with van der Waals surface area (Å²) < 4.78 is 0. The van der Waals surface area contributed by atoms with E-state index in [0.717, 1.165) is 12.2 Å². The van der Waals surface area contributed by atoms with Crippen LogP contribution in [0.25, 0.3) is 0 Å². The quantitative estimate of drug-likeness (QED) is 0.546. The minimum Gasteiger partial charge on any atom is -0.382 e. The van der Waals surface area contributed by atoms with E-state index >= 15 is 0 Å². The summed E-state index contributed by atoms with van der Waals surface area (Å²) in [6, 6.07) is 6.30. The molecule has 0 aliphatic rings. The first-order valence-electron chi connectivity index (χ1n) is 4.37. The largest absolute Gasteiger partial charge is 0.382 e. The van der Waals surface area contributed by atoms with E-state index in [4.69, 9.17) is 5.90 Å². The van der Waals surface area contributed by atoms with Crippen LogP contribution in [0, 0.1) is 13.8 Å². The van der Waals surface area contributed by atoms with Crippen molar-refractivity contribution >= 4 is 5.69 Å². The minimum atomic E-state index is 0.521. The number of hydrogen-bond donors (Lipinski definition) is 2. The Morgan fingerprint density at radius 1 is 1.38 bits per heavy atom. The van der Waals surface area contributed by atoms with Crippen LogP contribution in [0.1, 0.15) is 11.1 Å². The van der Waals surface area contributed by atoms with Crippen molar-refractivity contribution in [3.8, 4) is 0 Å². The van der Waals surface area contributed by atoms with Crippen LogP contribution in [-0.4, -0.2) is 13.2 Å². The van der Waals surface area contributed by atoms with Crippen LogP contribution < -0.4 is 11.2 Å². The number of nitrogens with two attached hydrogens (primary N) is 1. The molecule has 0 aliphatic carbocycles. The maximum absolute atomic E-state index is 4.91. The maximum Gasteiger partial charge on any atom is 0.0851 e. The molecule has 0 bridgehead atoms. The predicted octanol–water partition coefficient (Wildman–Crippen LogP) is 1.61. The average molecular weight is 180 g/mol. The fraction of sp³-hybridized carbons (Fsp3) is 0.400. The van der Waals surface area contributed by atoms with Crippen LogP contribution in [0.15, 0.2) is 18.2 Å². The Labute approximate surface area is 78.8 Å². The van der Waals surface area contributed by atoms with Gasteiger partial charge < -0.3 is 10.2 Å². The van der Waals surface area contributed by atoms with E-state index in [2.05, 4.69) is 42.2 Å². The fourth-order valence-electron chi connectivity index (χ4n) is 1.26. The molecular weight excluding hydrogens is 164 g/mol. The molecule has 13 heavy (non-hydrogen) atoms. The third-order valence-electron chi connectivity index (χ3n) is 1.92. The van der Waals surface area contributed by atoms with E-state index in [0.29, 0.717) is 6.61 Å². The second-order valence-corrected chi connectivity index (χ2v) is 3.12. The molecule has 0 spiro atoms. The zero-order valence-corrected chi connectivity index (χ0v) is 8.13. The van der Waals surface area contributed by atoms with Gasteiger partial charge in [0.25, 0.3) is 0 Å². The van der Waals surface area contributed by atoms with Crippen molar-refractivity contribution in [1.82, 2.24) is 0 Å². The highest BCUT2D eigenvalue weighted by molar-refractivity contribution is 5.51. The van der Waals surface area contributed by atoms with E-state index in [1.165, 1.54) is 11.1 Å². The van der Waals surface area contributed by atoms with Crippen molar-refractivity contribution in [3.05, 3.63) is 29.3 Å². The summed E-state index contributed by atoms with van der Waals surface area (Å²) in [6.07, 6.45) is 0. The normalized spacial score (nSPS) is 10.1. The van der Waals surface area contributed by atoms with E-state index in [-0.39, 0.29) is 0 Å². The van der Waals surface area contributed by atoms with Gasteiger partial charge >= 0.3 is 0 Å². The standard InChI is InChI=1S/C10H16N2O/c1-8-3-4-10(9(2)7-8)12-5-6-13-11/h3-4,7,12H,5-6,11H2,1-2H3. The Balaban J connectivity index is 2.56. The molecule has 3 N–H and O–H groups in total. The molecule has 0 saturated carbocycles. The summed E-state index contributed by atoms with van der Waals surface area (Å²) in [6.45, 7) is 5.42. The molecule has 0 aliphatic heterocycles. The molecule has 1 aromatic carbocycles. The zero-order chi connectivity index (χ0) is 9.68. The maximum atomic E-state index is 4.91. The van der Waals surface area contributed by atoms with Gasteiger partial charge in [0.1, 0.15) is 0 Å². The van der Waals surface area contributed by atoms with E-state index < -0.39 is 0 Å². The molecule has 1 rings (SSSR count). The van der Waals surface area contributed by atoms with Crippen molar-refractivity contribution in [2.24, 2.45) is 5.90 Å². The first kappa shape index (κ1) is 10.0. The van der Waals surface area contributed by atoms with Crippen molar-refractivity contribution in [2.45, 2.75) is 13.8 Å². The van der Waals surface area contributed by atoms with Gasteiger partial charge in [0, 0.05) is 12.2 Å². The lowest BCUT2D eigenvalue weighted by Crippen LogP contribution is -2.12. The second kappa shape index (κ2) is 4.84. The molecular formula is C10H16N2O. The summed E-state index contributed by atoms with van der Waals surface area (Å²) in [4.78, 5) is 4.46. The lowest BCUT2D eigenvalue weighted by Gasteiger charge is -2.09. The minimum absolute atomic E-state index is 0.521. The van der Waals surface area contributed by atoms with Gasteiger partial charge in [-0.25, -0.2) is 5.90 Å². The first-order chi connectivity index (χ1) is 6.24. The molecule has 3 nitrogen and oxygen atoms in total. The van der Waals surface area contributed by atoms with Crippen LogP contribution in [-0.2, 0) is 4.84 Å². The average Bonchev–Trinajstić information content (AvgIpc) is 2.09. The molecule has 3 heteroatoms. The summed E-state index contributed by atoms with van der Waals surface area (Å²) in [5.41, 5.74) is 3.66. The number of aryl methyl sites for hydroxylation is 2. The molecule has 0 heterocycles. The number of nitrogens with one attached hydrogen (secondary N) is 1. The Hall–Kier alpha value is -1.06. The van der Waals surface area contributed by atoms with Crippen LogP contribution in [0.5, 0.6) is 0 Å². The molecule has 0 saturated heterocycles. The van der Waals surface area contributed by atoms with Crippen LogP contribution >= 0.6 is 0 Å². The summed E-state index contributed by atoms with van der Waals surface area (Å²) in [5, 5.41) is 3.24. The highest BCUT2D eigenvalue weighted by atomic mass is 16.6. The zero-order valence-electron chi connectivity index (χ0n) is 8.13. The number of anilines is 1. The highest BCUT2D eigenvalue weighted by Gasteiger charge is 1.96. The van der Waals surface area contributed by atoms with Gasteiger partial charge in [-0.2, -0.15) is 0 Å². The third kappa shape index (κ3) is 3.05. The molecule has 0 aromatic heterocycles. The second-order valence-electron chi connectivity index (χ2n) is 3.12. The fourth-order valence-corrected chi connectivity index (χ4v) is 1.26. The van der Waals surface area contributed by atoms with Gasteiger partial charge in [0.15, 0.2) is 0 Å². The van der Waals surface area contributed by atoms with Crippen molar-refractivity contribution in [1.29, 1.82) is 0 Å². The van der Waals surface area contributed by atoms with E-state index in [1.54, 1.807) is 0 Å². The summed E-state index contributed by atoms with van der Waals surface area (Å²) >= 11 is 0. The van der Waals surface area contributed by atoms with E-state index in [9.17, 15) is 0 Å². The van der Waals surface area contributed by atoms with E-state index in [1.807, 2.05) is 0 Å². The van der Waals surface area contributed by atoms with Gasteiger partial charge in [-0.15, -0.1) is 0 Å². The Morgan fingerprint density at radius 2 is 2.15 bits per heavy atom. The molecule has 72 valence electrons. The number of benzene rings is 1. The lowest BCUT2D eigenvalue weighted by molar-refractivity contribution is 0.148. The molecule has 0 unspecified atom stereocenters. The Morgan fingerprint density at radius 3 is 2.77 bits per heavy atom. The van der Waals surface area contributed by atoms with Crippen molar-refractivity contribution in [3.63, 3.8) is 0 Å². The van der Waals surface area contributed by atoms with Gasteiger partial charge in [-0.3, -0.25) is 0 Å². The topological polar surface area (TPSA) is 47.3 Å². The van der Waals surface area contributed by atoms with Gasteiger partial charge in [-0.1, -0.05) is 17.7 Å². The Bertz CT molecular complexity index is 274. The van der Waals surface area contributed by atoms with Crippen molar-refractivity contribution in [2.75, 3.05) is 18.5 Å². The van der Waals surface area contributed by atoms with Crippen LogP contribution in [0.3, 0.4) is 0 Å². The smallest absolute Gasteiger partial charge is 0.0851 e. The highest BCUT2D eigenvalue weighted by Crippen LogP contribution is 2.15. The molecule has 0 fully saturated rings. The predicted molar refractivity (Wildman–Crippen MR) is 54.5 cm³/mol. The summed E-state index contributed by atoms with van der Waals surface area (Å²) in [5.74, 6) is 4.91. The first-order valence-corrected chi connectivity index (χ1v) is 4.37. The summed E-state index contributed by atoms with van der Waals surface area (Å²) in [7, 11) is 0. The monoisotopic (exact) mass is 180 g/mol. The number of rotatable bonds is 4. The molecule has 0 amide bonds. The Kier molecular flexibility index (Phi) is 3.73. The molecule has 0 atom stereocenters. The van der Waals surface area contributed by atoms with Crippen LogP contribution in [0.4, 0.5) is 5.69 Å². The molecule has 1 aromatic rings.